The summed E-state index contributed by atoms with van der Waals surface area (Å²) in [6, 6.07) is 0. The summed E-state index contributed by atoms with van der Waals surface area (Å²) in [5.74, 6) is -112. The van der Waals surface area contributed by atoms with Crippen LogP contribution in [0.2, 0.25) is 0 Å². The van der Waals surface area contributed by atoms with Crippen molar-refractivity contribution in [2.24, 2.45) is 0 Å². The Morgan fingerprint density at radius 1 is 0.273 bits per heavy atom. The molecule has 0 aliphatic rings. The second kappa shape index (κ2) is 15.9. The maximum absolute atomic E-state index is 15.2. The SMILES string of the molecule is O=C(N(F)[Si](OC(F)(F)C(F)(F)C(F)(F)C(F)(F)F)(OC(F)(F)C(F)(F)C(F)(F)C(F)(F)F)OC(F)(F)C(F)(F)C(F)(F)C(F)(F)F)C(F)(F)C(F)(F)C(F)(F)C(F)(F)C(F)(F)C(F)(F)F. The first-order chi connectivity index (χ1) is 27.7. The van der Waals surface area contributed by atoms with Crippen LogP contribution >= 0.6 is 0 Å². The van der Waals surface area contributed by atoms with Gasteiger partial charge in [-0.25, -0.2) is 0 Å². The van der Waals surface area contributed by atoms with Crippen LogP contribution in [-0.2, 0) is 18.1 Å². The first kappa shape index (κ1) is 62.7. The highest BCUT2D eigenvalue weighted by atomic mass is 28.4. The van der Waals surface area contributed by atoms with Crippen molar-refractivity contribution in [3.05, 3.63) is 0 Å². The monoisotopic (exact) mass is 1110 g/mol. The molecule has 396 valence electrons. The molecular formula is C19F41NO4Si. The average Bonchev–Trinajstić information content (AvgIpc) is 3.03. The van der Waals surface area contributed by atoms with E-state index in [9.17, 15) is 180 Å². The normalized spacial score (nSPS) is 16.8. The molecule has 0 atom stereocenters. The third-order valence-electron chi connectivity index (χ3n) is 6.74. The summed E-state index contributed by atoms with van der Waals surface area (Å²) >= 11 is 0. The van der Waals surface area contributed by atoms with Gasteiger partial charge in [-0.2, -0.15) is 176 Å². The zero-order valence-electron chi connectivity index (χ0n) is 27.6. The van der Waals surface area contributed by atoms with Crippen molar-refractivity contribution in [3.63, 3.8) is 0 Å². The van der Waals surface area contributed by atoms with Gasteiger partial charge in [-0.1, -0.05) is 0 Å². The first-order valence-electron chi connectivity index (χ1n) is 13.4. The van der Waals surface area contributed by atoms with Crippen LogP contribution in [0.4, 0.5) is 180 Å². The van der Waals surface area contributed by atoms with Crippen LogP contribution in [0.1, 0.15) is 0 Å². The molecule has 5 nitrogen and oxygen atoms in total. The average molecular weight is 1110 g/mol. The van der Waals surface area contributed by atoms with E-state index in [1.54, 1.807) is 0 Å². The van der Waals surface area contributed by atoms with E-state index in [0.717, 1.165) is 13.3 Å². The Kier molecular flexibility index (Phi) is 15.1. The Labute approximate surface area is 327 Å². The fraction of sp³-hybridized carbons (Fsp3) is 0.947. The lowest BCUT2D eigenvalue weighted by molar-refractivity contribution is -0.467. The third-order valence-corrected chi connectivity index (χ3v) is 8.97. The van der Waals surface area contributed by atoms with Crippen molar-refractivity contribution in [2.45, 2.75) is 108 Å². The Morgan fingerprint density at radius 3 is 0.621 bits per heavy atom. The quantitative estimate of drug-likeness (QED) is 0.0780. The van der Waals surface area contributed by atoms with Gasteiger partial charge in [0.05, 0.1) is 0 Å². The summed E-state index contributed by atoms with van der Waals surface area (Å²) in [4.78, 5) is 5.96. The van der Waals surface area contributed by atoms with E-state index < -0.39 is 128 Å². The summed E-state index contributed by atoms with van der Waals surface area (Å²) in [5.41, 5.74) is 0. The van der Waals surface area contributed by atoms with E-state index in [2.05, 4.69) is 0 Å². The molecule has 47 heteroatoms. The molecule has 0 aromatic rings. The van der Waals surface area contributed by atoms with Crippen LogP contribution in [0.15, 0.2) is 0 Å². The standard InChI is InChI=1S/C19F41NO4Si/c20-2(21,3(22,23)4(24,25)5(26,27)6(28,29)13(42,43)44)1(62)61(60)66(63-17(54,55)10(36,37)7(30,31)14(45,46)47,64-18(56,57)11(38,39)8(32,33)15(48,49)50)65-19(58,59)12(40,41)9(34,35)16(51,52)53. The number of hydrogen-bond acceptors (Lipinski definition) is 4. The minimum absolute atomic E-state index is 0.873. The van der Waals surface area contributed by atoms with E-state index in [1.807, 2.05) is 0 Å². The molecular weight excluding hydrogens is 1110 g/mol. The van der Waals surface area contributed by atoms with Crippen molar-refractivity contribution in [3.8, 4) is 0 Å². The molecule has 0 rings (SSSR count). The van der Waals surface area contributed by atoms with Gasteiger partial charge in [0.25, 0.3) is 0 Å². The van der Waals surface area contributed by atoms with Gasteiger partial charge < -0.3 is 0 Å². The molecule has 0 unspecified atom stereocenters. The fourth-order valence-electron chi connectivity index (χ4n) is 3.09. The lowest BCUT2D eigenvalue weighted by Crippen LogP contribution is -2.77. The minimum Gasteiger partial charge on any atom is -0.289 e. The van der Waals surface area contributed by atoms with Gasteiger partial charge in [-0.05, 0) is 0 Å². The number of carbonyl (C=O) groups is 1. The number of halogens is 41. The predicted octanol–water partition coefficient (Wildman–Crippen LogP) is 12.2. The van der Waals surface area contributed by atoms with E-state index >= 15 is 4.48 Å². The molecule has 0 aliphatic carbocycles. The minimum atomic E-state index is -12.5. The van der Waals surface area contributed by atoms with Gasteiger partial charge in [0.2, 0.25) is 0 Å². The molecule has 0 fully saturated rings. The zero-order valence-corrected chi connectivity index (χ0v) is 28.6. The molecule has 66 heavy (non-hydrogen) atoms. The van der Waals surface area contributed by atoms with Crippen molar-refractivity contribution < 1.29 is 198 Å². The van der Waals surface area contributed by atoms with Crippen LogP contribution in [-0.4, -0.2) is 128 Å². The van der Waals surface area contributed by atoms with E-state index in [-0.39, 0.29) is 0 Å². The number of alkyl halides is 40. The van der Waals surface area contributed by atoms with Crippen LogP contribution in [0, 0.1) is 0 Å². The van der Waals surface area contributed by atoms with Crippen molar-refractivity contribution in [1.82, 2.24) is 4.79 Å². The first-order valence-corrected chi connectivity index (χ1v) is 15.0. The van der Waals surface area contributed by atoms with E-state index in [0.29, 0.717) is 0 Å². The largest absolute Gasteiger partial charge is 0.679 e. The molecule has 0 bridgehead atoms. The number of amides is 1. The van der Waals surface area contributed by atoms with Crippen LogP contribution < -0.4 is 0 Å². The Balaban J connectivity index is 9.44. The predicted molar refractivity (Wildman–Crippen MR) is 110 cm³/mol. The zero-order chi connectivity index (χ0) is 54.8. The Bertz CT molecular complexity index is 1620. The van der Waals surface area contributed by atoms with E-state index in [4.69, 9.17) is 0 Å². The van der Waals surface area contributed by atoms with Crippen LogP contribution in [0.25, 0.3) is 0 Å². The highest BCUT2D eigenvalue weighted by molar-refractivity contribution is 6.60. The molecule has 0 radical (unpaired) electrons. The fourth-order valence-corrected chi connectivity index (χ4v) is 5.21. The molecule has 0 saturated heterocycles. The molecule has 0 saturated carbocycles. The summed E-state index contributed by atoms with van der Waals surface area (Å²) in [5, 5.41) is 0. The summed E-state index contributed by atoms with van der Waals surface area (Å²) < 4.78 is 556. The number of rotatable bonds is 18. The van der Waals surface area contributed by atoms with Gasteiger partial charge in [-0.15, -0.1) is 9.27 Å². The molecule has 0 spiro atoms. The summed E-state index contributed by atoms with van der Waals surface area (Å²) in [6.07, 6.45) is -64.3. The highest BCUT2D eigenvalue weighted by Crippen LogP contribution is 2.63. The summed E-state index contributed by atoms with van der Waals surface area (Å²) in [6.45, 7) is 0. The van der Waals surface area contributed by atoms with Gasteiger partial charge >= 0.3 is 123 Å². The van der Waals surface area contributed by atoms with E-state index in [1.165, 1.54) is 0 Å². The maximum atomic E-state index is 15.2. The van der Waals surface area contributed by atoms with Gasteiger partial charge in [-0.3, -0.25) is 18.1 Å². The van der Waals surface area contributed by atoms with Gasteiger partial charge in [0.15, 0.2) is 0 Å². The second-order valence-corrected chi connectivity index (χ2v) is 13.3. The lowest BCUT2D eigenvalue weighted by Gasteiger charge is -2.44. The van der Waals surface area contributed by atoms with Crippen molar-refractivity contribution in [1.29, 1.82) is 0 Å². The summed E-state index contributed by atoms with van der Waals surface area (Å²) in [7, 11) is -12.5. The number of carbonyl (C=O) groups excluding carboxylic acids is 1. The number of hydrogen-bond donors (Lipinski definition) is 0. The molecule has 0 N–H and O–H groups in total. The molecule has 0 aliphatic heterocycles. The topological polar surface area (TPSA) is 48.0 Å². The second-order valence-electron chi connectivity index (χ2n) is 11.3. The van der Waals surface area contributed by atoms with Crippen molar-refractivity contribution in [2.75, 3.05) is 0 Å². The number of nitrogens with zero attached hydrogens (tertiary/aromatic N) is 1. The third kappa shape index (κ3) is 8.81. The van der Waals surface area contributed by atoms with Crippen molar-refractivity contribution >= 4 is 14.9 Å². The van der Waals surface area contributed by atoms with Gasteiger partial charge in [0, 0.05) is 0 Å². The molecule has 1 amide bonds. The molecule has 0 aromatic heterocycles. The lowest BCUT2D eigenvalue weighted by atomic mass is 9.93. The highest BCUT2D eigenvalue weighted by Gasteiger charge is 2.95. The maximum Gasteiger partial charge on any atom is 0.679 e. The Hall–Kier alpha value is -3.30. The Morgan fingerprint density at radius 2 is 0.439 bits per heavy atom. The van der Waals surface area contributed by atoms with Crippen LogP contribution in [0.5, 0.6) is 0 Å². The molecule has 0 heterocycles. The van der Waals surface area contributed by atoms with Crippen LogP contribution in [0.3, 0.4) is 0 Å². The van der Waals surface area contributed by atoms with Gasteiger partial charge in [0.1, 0.15) is 0 Å². The smallest absolute Gasteiger partial charge is 0.289 e. The molecule has 0 aromatic carbocycles.